The Morgan fingerprint density at radius 3 is 2.68 bits per heavy atom. The van der Waals surface area contributed by atoms with E-state index in [0.717, 1.165) is 44.6 Å². The predicted octanol–water partition coefficient (Wildman–Crippen LogP) is 2.32. The van der Waals surface area contributed by atoms with E-state index in [2.05, 4.69) is 15.6 Å². The average molecular weight is 311 g/mol. The fraction of sp³-hybridized carbons (Fsp3) is 0.941. The van der Waals surface area contributed by atoms with Gasteiger partial charge >= 0.3 is 0 Å². The maximum Gasteiger partial charge on any atom is 0.191 e. The number of ether oxygens (including phenoxy) is 2. The van der Waals surface area contributed by atoms with Crippen molar-refractivity contribution in [1.29, 1.82) is 0 Å². The van der Waals surface area contributed by atoms with E-state index in [1.165, 1.54) is 44.9 Å². The zero-order valence-electron chi connectivity index (χ0n) is 14.1. The number of hydrogen-bond acceptors (Lipinski definition) is 3. The summed E-state index contributed by atoms with van der Waals surface area (Å²) in [7, 11) is 1.82. The second kappa shape index (κ2) is 10.8. The van der Waals surface area contributed by atoms with E-state index < -0.39 is 0 Å². The Hall–Kier alpha value is -0.810. The third-order valence-corrected chi connectivity index (χ3v) is 4.65. The SMILES string of the molecule is CN=C(NCCCC1CCCC1)NCCOCC1CCCO1. The molecule has 2 aliphatic rings. The van der Waals surface area contributed by atoms with Crippen molar-refractivity contribution >= 4 is 5.96 Å². The number of rotatable bonds is 9. The lowest BCUT2D eigenvalue weighted by molar-refractivity contribution is 0.0191. The summed E-state index contributed by atoms with van der Waals surface area (Å²) in [5.74, 6) is 1.86. The third kappa shape index (κ3) is 6.97. The molecule has 1 atom stereocenters. The molecule has 2 N–H and O–H groups in total. The zero-order valence-corrected chi connectivity index (χ0v) is 14.1. The van der Waals surface area contributed by atoms with Gasteiger partial charge in [-0.15, -0.1) is 0 Å². The fourth-order valence-electron chi connectivity index (χ4n) is 3.35. The van der Waals surface area contributed by atoms with Crippen LogP contribution in [-0.4, -0.2) is 52.0 Å². The van der Waals surface area contributed by atoms with Crippen LogP contribution in [0.25, 0.3) is 0 Å². The van der Waals surface area contributed by atoms with Gasteiger partial charge in [-0.25, -0.2) is 0 Å². The molecule has 1 aliphatic carbocycles. The first-order valence-electron chi connectivity index (χ1n) is 9.02. The normalized spacial score (nSPS) is 23.1. The van der Waals surface area contributed by atoms with Crippen molar-refractivity contribution in [1.82, 2.24) is 10.6 Å². The second-order valence-electron chi connectivity index (χ2n) is 6.43. The lowest BCUT2D eigenvalue weighted by Gasteiger charge is -2.14. The van der Waals surface area contributed by atoms with Crippen molar-refractivity contribution in [3.05, 3.63) is 0 Å². The third-order valence-electron chi connectivity index (χ3n) is 4.65. The minimum Gasteiger partial charge on any atom is -0.377 e. The molecule has 0 aromatic rings. The van der Waals surface area contributed by atoms with Crippen molar-refractivity contribution in [2.45, 2.75) is 57.5 Å². The van der Waals surface area contributed by atoms with Crippen LogP contribution < -0.4 is 10.6 Å². The van der Waals surface area contributed by atoms with Crippen LogP contribution in [0, 0.1) is 5.92 Å². The topological polar surface area (TPSA) is 54.9 Å². The largest absolute Gasteiger partial charge is 0.377 e. The Labute approximate surface area is 135 Å². The number of guanidine groups is 1. The maximum atomic E-state index is 5.64. The molecule has 0 aromatic carbocycles. The summed E-state index contributed by atoms with van der Waals surface area (Å²) in [6.45, 7) is 4.10. The van der Waals surface area contributed by atoms with Gasteiger partial charge in [0.1, 0.15) is 0 Å². The van der Waals surface area contributed by atoms with E-state index in [1.807, 2.05) is 7.05 Å². The first-order valence-corrected chi connectivity index (χ1v) is 9.02. The molecular weight excluding hydrogens is 278 g/mol. The lowest BCUT2D eigenvalue weighted by Crippen LogP contribution is -2.39. The summed E-state index contributed by atoms with van der Waals surface area (Å²) in [4.78, 5) is 4.25. The molecule has 0 amide bonds. The van der Waals surface area contributed by atoms with Gasteiger partial charge in [0.2, 0.25) is 0 Å². The summed E-state index contributed by atoms with van der Waals surface area (Å²) in [6, 6.07) is 0. The standard InChI is InChI=1S/C17H33N3O2/c1-18-17(19-10-4-8-15-6-2-3-7-15)20-11-13-21-14-16-9-5-12-22-16/h15-16H,2-14H2,1H3,(H2,18,19,20). The van der Waals surface area contributed by atoms with Crippen LogP contribution in [-0.2, 0) is 9.47 Å². The van der Waals surface area contributed by atoms with Gasteiger partial charge in [0.25, 0.3) is 0 Å². The highest BCUT2D eigenvalue weighted by molar-refractivity contribution is 5.79. The predicted molar refractivity (Wildman–Crippen MR) is 90.3 cm³/mol. The summed E-state index contributed by atoms with van der Waals surface area (Å²) >= 11 is 0. The van der Waals surface area contributed by atoms with Crippen molar-refractivity contribution in [3.63, 3.8) is 0 Å². The van der Waals surface area contributed by atoms with Gasteiger partial charge < -0.3 is 20.1 Å². The Morgan fingerprint density at radius 2 is 1.95 bits per heavy atom. The molecule has 5 heteroatoms. The van der Waals surface area contributed by atoms with Gasteiger partial charge in [-0.3, -0.25) is 4.99 Å². The molecule has 128 valence electrons. The molecule has 0 radical (unpaired) electrons. The highest BCUT2D eigenvalue weighted by Gasteiger charge is 2.15. The van der Waals surface area contributed by atoms with Crippen LogP contribution in [0.2, 0.25) is 0 Å². The van der Waals surface area contributed by atoms with Crippen molar-refractivity contribution in [2.75, 3.05) is 40.0 Å². The molecule has 2 rings (SSSR count). The van der Waals surface area contributed by atoms with Crippen molar-refractivity contribution < 1.29 is 9.47 Å². The van der Waals surface area contributed by atoms with Crippen LogP contribution in [0.4, 0.5) is 0 Å². The van der Waals surface area contributed by atoms with E-state index in [-0.39, 0.29) is 0 Å². The summed E-state index contributed by atoms with van der Waals surface area (Å²) in [5, 5.41) is 6.68. The highest BCUT2D eigenvalue weighted by Crippen LogP contribution is 2.28. The molecule has 1 heterocycles. The van der Waals surface area contributed by atoms with Crippen LogP contribution in [0.5, 0.6) is 0 Å². The fourth-order valence-corrected chi connectivity index (χ4v) is 3.35. The van der Waals surface area contributed by atoms with E-state index in [9.17, 15) is 0 Å². The smallest absolute Gasteiger partial charge is 0.191 e. The number of nitrogens with zero attached hydrogens (tertiary/aromatic N) is 1. The van der Waals surface area contributed by atoms with E-state index in [0.29, 0.717) is 12.7 Å². The minimum absolute atomic E-state index is 0.313. The maximum absolute atomic E-state index is 5.64. The van der Waals surface area contributed by atoms with Crippen molar-refractivity contribution in [3.8, 4) is 0 Å². The molecular formula is C17H33N3O2. The zero-order chi connectivity index (χ0) is 15.5. The first kappa shape index (κ1) is 17.5. The van der Waals surface area contributed by atoms with Gasteiger partial charge in [-0.1, -0.05) is 25.7 Å². The van der Waals surface area contributed by atoms with Crippen LogP contribution in [0.1, 0.15) is 51.4 Å². The van der Waals surface area contributed by atoms with Gasteiger partial charge in [0.15, 0.2) is 5.96 Å². The molecule has 5 nitrogen and oxygen atoms in total. The Balaban J connectivity index is 1.42. The molecule has 0 spiro atoms. The Morgan fingerprint density at radius 1 is 1.14 bits per heavy atom. The second-order valence-corrected chi connectivity index (χ2v) is 6.43. The summed E-state index contributed by atoms with van der Waals surface area (Å²) < 4.78 is 11.2. The quantitative estimate of drug-likeness (QED) is 0.390. The highest BCUT2D eigenvalue weighted by atomic mass is 16.5. The number of aliphatic imine (C=N–C) groups is 1. The van der Waals surface area contributed by atoms with Gasteiger partial charge in [-0.2, -0.15) is 0 Å². The van der Waals surface area contributed by atoms with Gasteiger partial charge in [0, 0.05) is 26.7 Å². The minimum atomic E-state index is 0.313. The molecule has 1 saturated carbocycles. The van der Waals surface area contributed by atoms with Gasteiger partial charge in [-0.05, 0) is 31.6 Å². The first-order chi connectivity index (χ1) is 10.9. The molecule has 0 aromatic heterocycles. The Bertz CT molecular complexity index is 311. The summed E-state index contributed by atoms with van der Waals surface area (Å²) in [6.07, 6.45) is 11.0. The molecule has 0 bridgehead atoms. The van der Waals surface area contributed by atoms with Crippen molar-refractivity contribution in [2.24, 2.45) is 10.9 Å². The molecule has 22 heavy (non-hydrogen) atoms. The van der Waals surface area contributed by atoms with E-state index in [4.69, 9.17) is 9.47 Å². The average Bonchev–Trinajstić information content (AvgIpc) is 3.22. The number of hydrogen-bond donors (Lipinski definition) is 2. The Kier molecular flexibility index (Phi) is 8.64. The monoisotopic (exact) mass is 311 g/mol. The summed E-state index contributed by atoms with van der Waals surface area (Å²) in [5.41, 5.74) is 0. The molecule has 1 unspecified atom stereocenters. The van der Waals surface area contributed by atoms with Gasteiger partial charge in [0.05, 0.1) is 19.3 Å². The van der Waals surface area contributed by atoms with Crippen LogP contribution >= 0.6 is 0 Å². The molecule has 1 aliphatic heterocycles. The number of nitrogens with one attached hydrogen (secondary N) is 2. The van der Waals surface area contributed by atoms with Crippen LogP contribution in [0.15, 0.2) is 4.99 Å². The van der Waals surface area contributed by atoms with E-state index >= 15 is 0 Å². The van der Waals surface area contributed by atoms with Crippen LogP contribution in [0.3, 0.4) is 0 Å². The molecule has 2 fully saturated rings. The lowest BCUT2D eigenvalue weighted by atomic mass is 10.0. The molecule has 1 saturated heterocycles. The van der Waals surface area contributed by atoms with E-state index in [1.54, 1.807) is 0 Å².